The molecule has 140 valence electrons. The second-order valence-electron chi connectivity index (χ2n) is 7.63. The Morgan fingerprint density at radius 2 is 1.33 bits per heavy atom. The van der Waals surface area contributed by atoms with Gasteiger partial charge in [-0.3, -0.25) is 0 Å². The molecule has 0 saturated carbocycles. The summed E-state index contributed by atoms with van der Waals surface area (Å²) in [5.41, 5.74) is 2.90. The lowest BCUT2D eigenvalue weighted by atomic mass is 9.92. The van der Waals surface area contributed by atoms with Crippen LogP contribution in [-0.2, 0) is 0 Å². The summed E-state index contributed by atoms with van der Waals surface area (Å²) in [6.45, 7) is 0. The van der Waals surface area contributed by atoms with Crippen LogP contribution in [-0.4, -0.2) is 9.97 Å². The van der Waals surface area contributed by atoms with Crippen molar-refractivity contribution in [3.05, 3.63) is 84.1 Å². The topological polar surface area (TPSA) is 25.8 Å². The Kier molecular flexibility index (Phi) is 3.24. The van der Waals surface area contributed by atoms with Crippen molar-refractivity contribution in [1.29, 1.82) is 0 Å². The zero-order valence-corrected chi connectivity index (χ0v) is 17.3. The normalized spacial score (nSPS) is 12.2. The molecule has 4 heteroatoms. The van der Waals surface area contributed by atoms with Crippen LogP contribution in [0.15, 0.2) is 78.9 Å². The lowest BCUT2D eigenvalue weighted by molar-refractivity contribution is 1.24. The maximum atomic E-state index is 6.38. The molecular formula is C26H13ClN2S. The second-order valence-corrected chi connectivity index (χ2v) is 9.02. The largest absolute Gasteiger partial charge is 0.223 e. The summed E-state index contributed by atoms with van der Waals surface area (Å²) in [7, 11) is 0. The molecule has 30 heavy (non-hydrogen) atoms. The van der Waals surface area contributed by atoms with Gasteiger partial charge in [-0.25, -0.2) is 9.97 Å². The van der Waals surface area contributed by atoms with E-state index in [0.29, 0.717) is 0 Å². The van der Waals surface area contributed by atoms with E-state index in [2.05, 4.69) is 82.8 Å². The molecule has 0 N–H and O–H groups in total. The van der Waals surface area contributed by atoms with E-state index < -0.39 is 0 Å². The Labute approximate surface area is 180 Å². The molecular weight excluding hydrogens is 408 g/mol. The smallest absolute Gasteiger partial charge is 0.216 e. The summed E-state index contributed by atoms with van der Waals surface area (Å²) < 4.78 is 2.27. The SMILES string of the molecule is Clc1nc(-c2cc3ccc4cccc5ccc(c2)c3c45)c2sc3ccccc3c2n1. The third-order valence-electron chi connectivity index (χ3n) is 5.93. The summed E-state index contributed by atoms with van der Waals surface area (Å²) in [6, 6.07) is 28.1. The fourth-order valence-electron chi connectivity index (χ4n) is 4.65. The van der Waals surface area contributed by atoms with Gasteiger partial charge >= 0.3 is 0 Å². The first kappa shape index (κ1) is 16.5. The van der Waals surface area contributed by atoms with Gasteiger partial charge in [-0.1, -0.05) is 60.7 Å². The van der Waals surface area contributed by atoms with E-state index in [-0.39, 0.29) is 5.28 Å². The minimum atomic E-state index is 0.283. The van der Waals surface area contributed by atoms with Crippen molar-refractivity contribution < 1.29 is 0 Å². The van der Waals surface area contributed by atoms with Crippen LogP contribution in [0.3, 0.4) is 0 Å². The maximum Gasteiger partial charge on any atom is 0.223 e. The van der Waals surface area contributed by atoms with Crippen molar-refractivity contribution in [2.24, 2.45) is 0 Å². The van der Waals surface area contributed by atoms with Gasteiger partial charge in [0.25, 0.3) is 0 Å². The van der Waals surface area contributed by atoms with Crippen LogP contribution in [0.25, 0.3) is 63.9 Å². The predicted octanol–water partition coefficient (Wildman–Crippen LogP) is 8.06. The van der Waals surface area contributed by atoms with Crippen molar-refractivity contribution in [3.63, 3.8) is 0 Å². The third kappa shape index (κ3) is 2.19. The van der Waals surface area contributed by atoms with Gasteiger partial charge in [0, 0.05) is 15.6 Å². The van der Waals surface area contributed by atoms with E-state index in [9.17, 15) is 0 Å². The molecule has 2 aromatic heterocycles. The average molecular weight is 421 g/mol. The van der Waals surface area contributed by atoms with Crippen molar-refractivity contribution in [2.75, 3.05) is 0 Å². The zero-order valence-electron chi connectivity index (χ0n) is 15.7. The Hall–Kier alpha value is -3.27. The fraction of sp³-hybridized carbons (Fsp3) is 0. The summed E-state index contributed by atoms with van der Waals surface area (Å²) in [5, 5.41) is 9.03. The van der Waals surface area contributed by atoms with Crippen LogP contribution >= 0.6 is 22.9 Å². The van der Waals surface area contributed by atoms with E-state index in [1.54, 1.807) is 11.3 Å². The van der Waals surface area contributed by atoms with Crippen LogP contribution in [0.4, 0.5) is 0 Å². The minimum absolute atomic E-state index is 0.283. The molecule has 7 aromatic rings. The number of aromatic nitrogens is 2. The van der Waals surface area contributed by atoms with Gasteiger partial charge in [-0.15, -0.1) is 11.3 Å². The van der Waals surface area contributed by atoms with Gasteiger partial charge < -0.3 is 0 Å². The van der Waals surface area contributed by atoms with Crippen molar-refractivity contribution in [1.82, 2.24) is 9.97 Å². The average Bonchev–Trinajstić information content (AvgIpc) is 3.15. The monoisotopic (exact) mass is 420 g/mol. The molecule has 0 spiro atoms. The molecule has 0 aliphatic heterocycles. The molecule has 7 rings (SSSR count). The molecule has 0 atom stereocenters. The molecule has 0 radical (unpaired) electrons. The van der Waals surface area contributed by atoms with Crippen molar-refractivity contribution >= 4 is 75.6 Å². The lowest BCUT2D eigenvalue weighted by Gasteiger charge is -2.12. The highest BCUT2D eigenvalue weighted by molar-refractivity contribution is 7.26. The highest BCUT2D eigenvalue weighted by atomic mass is 35.5. The molecule has 0 aliphatic carbocycles. The molecule has 0 amide bonds. The predicted molar refractivity (Wildman–Crippen MR) is 129 cm³/mol. The van der Waals surface area contributed by atoms with Crippen molar-refractivity contribution in [2.45, 2.75) is 0 Å². The number of nitrogens with zero attached hydrogens (tertiary/aromatic N) is 2. The fourth-order valence-corrected chi connectivity index (χ4v) is 5.97. The molecule has 2 heterocycles. The van der Waals surface area contributed by atoms with Gasteiger partial charge in [0.1, 0.15) is 0 Å². The van der Waals surface area contributed by atoms with E-state index >= 15 is 0 Å². The number of benzene rings is 5. The number of hydrogen-bond acceptors (Lipinski definition) is 3. The molecule has 2 nitrogen and oxygen atoms in total. The van der Waals surface area contributed by atoms with E-state index in [4.69, 9.17) is 11.6 Å². The maximum absolute atomic E-state index is 6.38. The van der Waals surface area contributed by atoms with E-state index in [1.807, 2.05) is 6.07 Å². The first-order valence-electron chi connectivity index (χ1n) is 9.79. The number of rotatable bonds is 1. The number of thiophene rings is 1. The van der Waals surface area contributed by atoms with E-state index in [1.165, 1.54) is 37.0 Å². The Balaban J connectivity index is 1.61. The van der Waals surface area contributed by atoms with Gasteiger partial charge in [-0.2, -0.15) is 0 Å². The molecule has 0 unspecified atom stereocenters. The summed E-state index contributed by atoms with van der Waals surface area (Å²) in [6.07, 6.45) is 0. The van der Waals surface area contributed by atoms with Crippen LogP contribution < -0.4 is 0 Å². The molecule has 0 bridgehead atoms. The van der Waals surface area contributed by atoms with Crippen LogP contribution in [0.1, 0.15) is 0 Å². The quantitative estimate of drug-likeness (QED) is 0.198. The summed E-state index contributed by atoms with van der Waals surface area (Å²) >= 11 is 8.10. The minimum Gasteiger partial charge on any atom is -0.216 e. The highest BCUT2D eigenvalue weighted by Gasteiger charge is 2.16. The first-order chi connectivity index (χ1) is 14.8. The summed E-state index contributed by atoms with van der Waals surface area (Å²) in [5.74, 6) is 0. The third-order valence-corrected chi connectivity index (χ3v) is 7.26. The number of fused-ring (bicyclic) bond motifs is 3. The van der Waals surface area contributed by atoms with Gasteiger partial charge in [0.15, 0.2) is 0 Å². The van der Waals surface area contributed by atoms with Gasteiger partial charge in [-0.05, 0) is 62.1 Å². The summed E-state index contributed by atoms with van der Waals surface area (Å²) in [4.78, 5) is 9.22. The van der Waals surface area contributed by atoms with Gasteiger partial charge in [0.05, 0.1) is 15.9 Å². The zero-order chi connectivity index (χ0) is 19.8. The van der Waals surface area contributed by atoms with Crippen LogP contribution in [0, 0.1) is 0 Å². The van der Waals surface area contributed by atoms with Crippen molar-refractivity contribution in [3.8, 4) is 11.3 Å². The van der Waals surface area contributed by atoms with Gasteiger partial charge in [0.2, 0.25) is 5.28 Å². The Morgan fingerprint density at radius 1 is 0.667 bits per heavy atom. The Bertz CT molecular complexity index is 1700. The molecule has 5 aromatic carbocycles. The lowest BCUT2D eigenvalue weighted by Crippen LogP contribution is -1.90. The number of halogens is 1. The van der Waals surface area contributed by atoms with E-state index in [0.717, 1.165) is 26.9 Å². The standard InChI is InChI=1S/C26H13ClN2S/c27-26-28-23(25-24(29-26)19-6-1-2-7-20(19)30-25)18-12-16-10-8-14-4-3-5-15-9-11-17(13-18)22(16)21(14)15/h1-13H. The Morgan fingerprint density at radius 3 is 2.10 bits per heavy atom. The highest BCUT2D eigenvalue weighted by Crippen LogP contribution is 2.41. The molecule has 0 saturated heterocycles. The molecule has 0 aliphatic rings. The first-order valence-corrected chi connectivity index (χ1v) is 11.0. The molecule has 0 fully saturated rings. The van der Waals surface area contributed by atoms with Crippen LogP contribution in [0.2, 0.25) is 5.28 Å². The second kappa shape index (κ2) is 5.88. The van der Waals surface area contributed by atoms with Crippen LogP contribution in [0.5, 0.6) is 0 Å². The number of hydrogen-bond donors (Lipinski definition) is 0.